The van der Waals surface area contributed by atoms with Crippen molar-refractivity contribution in [3.63, 3.8) is 0 Å². The lowest BCUT2D eigenvalue weighted by Crippen LogP contribution is -2.12. The molecule has 1 heterocycles. The number of fused-ring (bicyclic) bond motifs is 7. The number of para-hydroxylation sites is 2. The Morgan fingerprint density at radius 1 is 0.525 bits per heavy atom. The average molecular weight is 524 g/mol. The van der Waals surface area contributed by atoms with Gasteiger partial charge in [-0.3, -0.25) is 0 Å². The summed E-state index contributed by atoms with van der Waals surface area (Å²) in [6, 6.07) is 34.1. The normalized spacial score (nSPS) is 28.7. The second kappa shape index (κ2) is 8.99. The van der Waals surface area contributed by atoms with E-state index in [9.17, 15) is 0 Å². The standard InChI is InChI=1S/C38H37NO/c1-2-7-37-32(4-1)33-5-3-6-36(38(33)40-37)39(30-16-12-26(13-17-30)34-22-24-8-10-28(34)20-24)31-18-14-27(15-19-31)35-23-25-9-11-29(35)21-25/h1-7,12-19,24-25,28-29,34-35H,8-11,20-23H2. The Labute approximate surface area is 237 Å². The molecule has 9 rings (SSSR count). The van der Waals surface area contributed by atoms with Gasteiger partial charge in [0.1, 0.15) is 5.58 Å². The monoisotopic (exact) mass is 523 g/mol. The van der Waals surface area contributed by atoms with Crippen molar-refractivity contribution in [2.75, 3.05) is 4.90 Å². The number of hydrogen-bond acceptors (Lipinski definition) is 2. The Hall–Kier alpha value is -3.52. The van der Waals surface area contributed by atoms with Crippen molar-refractivity contribution < 1.29 is 4.42 Å². The summed E-state index contributed by atoms with van der Waals surface area (Å²) in [5.74, 6) is 5.22. The van der Waals surface area contributed by atoms with E-state index in [1.165, 1.54) is 84.6 Å². The van der Waals surface area contributed by atoms with Crippen LogP contribution in [0, 0.1) is 23.7 Å². The Kier molecular flexibility index (Phi) is 5.22. The maximum absolute atomic E-state index is 6.54. The van der Waals surface area contributed by atoms with Gasteiger partial charge in [-0.15, -0.1) is 0 Å². The van der Waals surface area contributed by atoms with Crippen LogP contribution >= 0.6 is 0 Å². The van der Waals surface area contributed by atoms with Gasteiger partial charge in [0.05, 0.1) is 5.69 Å². The van der Waals surface area contributed by atoms with E-state index in [4.69, 9.17) is 4.42 Å². The second-order valence-corrected chi connectivity index (χ2v) is 13.3. The van der Waals surface area contributed by atoms with Gasteiger partial charge in [0.25, 0.3) is 0 Å². The highest BCUT2D eigenvalue weighted by molar-refractivity contribution is 6.10. The first-order valence-electron chi connectivity index (χ1n) is 15.7. The molecular formula is C38H37NO. The van der Waals surface area contributed by atoms with E-state index in [-0.39, 0.29) is 0 Å². The van der Waals surface area contributed by atoms with Gasteiger partial charge in [0, 0.05) is 22.1 Å². The molecule has 0 aliphatic heterocycles. The van der Waals surface area contributed by atoms with Gasteiger partial charge < -0.3 is 9.32 Å². The maximum Gasteiger partial charge on any atom is 0.159 e. The largest absolute Gasteiger partial charge is 0.454 e. The van der Waals surface area contributed by atoms with E-state index in [1.807, 2.05) is 0 Å². The molecule has 0 amide bonds. The Balaban J connectivity index is 1.14. The van der Waals surface area contributed by atoms with E-state index in [0.29, 0.717) is 0 Å². The third-order valence-electron chi connectivity index (χ3n) is 11.3. The SMILES string of the molecule is c1ccc2c(c1)oc1c(N(c3ccc(C4CC5CCC4C5)cc3)c3ccc(C4CC5CCC4C5)cc3)cccc12. The summed E-state index contributed by atoms with van der Waals surface area (Å²) in [5, 5.41) is 2.35. The minimum absolute atomic E-state index is 0.751. The fourth-order valence-corrected chi connectivity index (χ4v) is 9.38. The molecule has 40 heavy (non-hydrogen) atoms. The summed E-state index contributed by atoms with van der Waals surface area (Å²) in [6.45, 7) is 0. The minimum atomic E-state index is 0.751. The molecule has 2 heteroatoms. The fraction of sp³-hybridized carbons (Fsp3) is 0.368. The number of nitrogens with zero attached hydrogens (tertiary/aromatic N) is 1. The van der Waals surface area contributed by atoms with Gasteiger partial charge in [-0.1, -0.05) is 67.4 Å². The second-order valence-electron chi connectivity index (χ2n) is 13.3. The quantitative estimate of drug-likeness (QED) is 0.228. The molecule has 0 N–H and O–H groups in total. The number of benzene rings is 4. The van der Waals surface area contributed by atoms with Crippen molar-refractivity contribution in [1.82, 2.24) is 0 Å². The highest BCUT2D eigenvalue weighted by Gasteiger charge is 2.41. The molecule has 0 saturated heterocycles. The molecule has 4 aromatic carbocycles. The van der Waals surface area contributed by atoms with Crippen molar-refractivity contribution in [3.05, 3.63) is 102 Å². The molecule has 200 valence electrons. The lowest BCUT2D eigenvalue weighted by atomic mass is 9.83. The maximum atomic E-state index is 6.54. The first-order chi connectivity index (χ1) is 19.8. The summed E-state index contributed by atoms with van der Waals surface area (Å²) < 4.78 is 6.54. The number of anilines is 3. The van der Waals surface area contributed by atoms with Crippen LogP contribution in [0.5, 0.6) is 0 Å². The van der Waals surface area contributed by atoms with Crippen LogP contribution in [0.4, 0.5) is 17.1 Å². The van der Waals surface area contributed by atoms with Crippen molar-refractivity contribution in [1.29, 1.82) is 0 Å². The predicted molar refractivity (Wildman–Crippen MR) is 165 cm³/mol. The van der Waals surface area contributed by atoms with Crippen LogP contribution in [0.2, 0.25) is 0 Å². The topological polar surface area (TPSA) is 16.4 Å². The van der Waals surface area contributed by atoms with Gasteiger partial charge in [-0.2, -0.15) is 0 Å². The average Bonchev–Trinajstić information content (AvgIpc) is 3.85. The smallest absolute Gasteiger partial charge is 0.159 e. The van der Waals surface area contributed by atoms with E-state index in [0.717, 1.165) is 52.4 Å². The zero-order valence-corrected chi connectivity index (χ0v) is 23.1. The van der Waals surface area contributed by atoms with Crippen molar-refractivity contribution in [2.45, 2.75) is 63.2 Å². The summed E-state index contributed by atoms with van der Waals surface area (Å²) >= 11 is 0. The number of rotatable bonds is 5. The molecule has 6 atom stereocenters. The number of hydrogen-bond donors (Lipinski definition) is 0. The van der Waals surface area contributed by atoms with Crippen LogP contribution < -0.4 is 4.90 Å². The zero-order valence-electron chi connectivity index (χ0n) is 23.1. The highest BCUT2D eigenvalue weighted by Crippen LogP contribution is 2.54. The molecule has 4 bridgehead atoms. The van der Waals surface area contributed by atoms with Crippen LogP contribution in [-0.2, 0) is 0 Å². The van der Waals surface area contributed by atoms with Crippen molar-refractivity contribution in [3.8, 4) is 0 Å². The highest BCUT2D eigenvalue weighted by atomic mass is 16.3. The lowest BCUT2D eigenvalue weighted by Gasteiger charge is -2.28. The number of furan rings is 1. The fourth-order valence-electron chi connectivity index (χ4n) is 9.38. The zero-order chi connectivity index (χ0) is 26.2. The molecule has 0 radical (unpaired) electrons. The predicted octanol–water partition coefficient (Wildman–Crippen LogP) is 10.9. The van der Waals surface area contributed by atoms with E-state index in [2.05, 4.69) is 95.9 Å². The molecule has 6 unspecified atom stereocenters. The van der Waals surface area contributed by atoms with Crippen LogP contribution in [0.1, 0.15) is 74.3 Å². The third-order valence-corrected chi connectivity index (χ3v) is 11.3. The van der Waals surface area contributed by atoms with E-state index in [1.54, 1.807) is 0 Å². The molecule has 0 spiro atoms. The Morgan fingerprint density at radius 3 is 1.65 bits per heavy atom. The van der Waals surface area contributed by atoms with Gasteiger partial charge in [-0.05, 0) is 122 Å². The third kappa shape index (κ3) is 3.61. The molecule has 5 aromatic rings. The molecule has 4 aliphatic carbocycles. The summed E-state index contributed by atoms with van der Waals surface area (Å²) in [6.07, 6.45) is 11.4. The van der Waals surface area contributed by atoms with Crippen molar-refractivity contribution >= 4 is 39.0 Å². The molecule has 4 saturated carbocycles. The molecule has 4 aliphatic rings. The molecular weight excluding hydrogens is 486 g/mol. The van der Waals surface area contributed by atoms with Gasteiger partial charge in [0.15, 0.2) is 5.58 Å². The van der Waals surface area contributed by atoms with Crippen LogP contribution in [0.3, 0.4) is 0 Å². The van der Waals surface area contributed by atoms with Gasteiger partial charge >= 0.3 is 0 Å². The molecule has 4 fully saturated rings. The lowest BCUT2D eigenvalue weighted by molar-refractivity contribution is 0.420. The summed E-state index contributed by atoms with van der Waals surface area (Å²) in [7, 11) is 0. The molecule has 2 nitrogen and oxygen atoms in total. The summed E-state index contributed by atoms with van der Waals surface area (Å²) in [4.78, 5) is 2.42. The van der Waals surface area contributed by atoms with Crippen molar-refractivity contribution in [2.24, 2.45) is 23.7 Å². The van der Waals surface area contributed by atoms with Gasteiger partial charge in [0.2, 0.25) is 0 Å². The van der Waals surface area contributed by atoms with Gasteiger partial charge in [-0.25, -0.2) is 0 Å². The van der Waals surface area contributed by atoms with Crippen LogP contribution in [0.25, 0.3) is 21.9 Å². The summed E-state index contributed by atoms with van der Waals surface area (Å²) in [5.41, 5.74) is 8.48. The van der Waals surface area contributed by atoms with Crippen LogP contribution in [0.15, 0.2) is 95.4 Å². The first-order valence-corrected chi connectivity index (χ1v) is 15.7. The Morgan fingerprint density at radius 2 is 1.10 bits per heavy atom. The first kappa shape index (κ1) is 23.2. The Bertz CT molecular complexity index is 1620. The molecule has 1 aromatic heterocycles. The van der Waals surface area contributed by atoms with Crippen LogP contribution in [-0.4, -0.2) is 0 Å². The van der Waals surface area contributed by atoms with E-state index >= 15 is 0 Å². The van der Waals surface area contributed by atoms with E-state index < -0.39 is 0 Å². The minimum Gasteiger partial charge on any atom is -0.454 e.